The van der Waals surface area contributed by atoms with Crippen molar-refractivity contribution < 1.29 is 85.3 Å². The summed E-state index contributed by atoms with van der Waals surface area (Å²) in [5, 5.41) is 31.5. The van der Waals surface area contributed by atoms with Gasteiger partial charge in [0, 0.05) is 35.6 Å². The van der Waals surface area contributed by atoms with Crippen molar-refractivity contribution >= 4 is 75.9 Å². The number of nitrogens with two attached hydrogens (primary N) is 2. The summed E-state index contributed by atoms with van der Waals surface area (Å²) in [7, 11) is -16.6. The van der Waals surface area contributed by atoms with Gasteiger partial charge >= 0.3 is 15.6 Å². The van der Waals surface area contributed by atoms with Gasteiger partial charge in [0.05, 0.1) is 19.5 Å². The van der Waals surface area contributed by atoms with Gasteiger partial charge < -0.3 is 60.4 Å². The van der Waals surface area contributed by atoms with Crippen molar-refractivity contribution in [1.82, 2.24) is 19.5 Å². The summed E-state index contributed by atoms with van der Waals surface area (Å²) in [6.45, 7) is -2.12. The summed E-state index contributed by atoms with van der Waals surface area (Å²) >= 11 is 0. The van der Waals surface area contributed by atoms with Crippen molar-refractivity contribution in [3.8, 4) is 0 Å². The van der Waals surface area contributed by atoms with Crippen LogP contribution in [0.15, 0.2) is 37.2 Å². The fourth-order valence-corrected chi connectivity index (χ4v) is 7.42. The minimum absolute atomic E-state index is 0. The fraction of sp³-hybridized carbons (Fsp3) is 0.476. The van der Waals surface area contributed by atoms with Crippen LogP contribution < -0.4 is 20.9 Å². The molecule has 0 bridgehead atoms. The van der Waals surface area contributed by atoms with Gasteiger partial charge in [0.25, 0.3) is 20.0 Å². The van der Waals surface area contributed by atoms with E-state index < -0.39 is 91.7 Å². The second-order valence-corrected chi connectivity index (χ2v) is 14.4. The zero-order valence-corrected chi connectivity index (χ0v) is 29.6. The summed E-state index contributed by atoms with van der Waals surface area (Å²) in [6.07, 6.45) is -8.59. The van der Waals surface area contributed by atoms with Crippen molar-refractivity contribution in [1.29, 1.82) is 0 Å². The number of aliphatic hydroxyl groups is 3. The normalized spacial score (nSPS) is 29.7. The summed E-state index contributed by atoms with van der Waals surface area (Å²) in [6, 6.07) is 2.77. The van der Waals surface area contributed by atoms with Crippen LogP contribution in [0.1, 0.15) is 22.8 Å². The molecular formula is C21H28N7NaO17P3. The van der Waals surface area contributed by atoms with Crippen molar-refractivity contribution in [2.45, 2.75) is 49.1 Å². The maximum absolute atomic E-state index is 12.5. The van der Waals surface area contributed by atoms with Gasteiger partial charge in [0.2, 0.25) is 0 Å². The Kier molecular flexibility index (Phi) is 12.5. The smallest absolute Gasteiger partial charge is 0.478 e. The molecule has 10 atom stereocenters. The molecule has 1 radical (unpaired) electrons. The van der Waals surface area contributed by atoms with Gasteiger partial charge in [0.1, 0.15) is 47.9 Å². The van der Waals surface area contributed by atoms with Crippen LogP contribution >= 0.6 is 23.5 Å². The number of primary amides is 1. The molecule has 3 aromatic heterocycles. The SMILES string of the molecule is NC(=O)c1ccc[n+](C2OC(COP(=O)([O-])OP(=O)(O)OCC3OC(n4cnc5c(N)ncnc54)C(OP(=O)(O)O)C3O)C(O)C2O)c1.[Na]. The number of phosphoric acid groups is 3. The number of phosphoric ester groups is 3. The molecule has 3 aromatic rings. The Morgan fingerprint density at radius 1 is 1.02 bits per heavy atom. The first-order valence-electron chi connectivity index (χ1n) is 13.3. The molecule has 2 saturated heterocycles. The first-order valence-corrected chi connectivity index (χ1v) is 17.8. The molecule has 2 aliphatic rings. The molecule has 0 spiro atoms. The Morgan fingerprint density at radius 3 is 2.37 bits per heavy atom. The minimum atomic E-state index is -5.72. The average molecular weight is 766 g/mol. The molecule has 24 nitrogen and oxygen atoms in total. The number of hydrogen-bond acceptors (Lipinski definition) is 18. The summed E-state index contributed by atoms with van der Waals surface area (Å²) < 4.78 is 67.9. The number of carbonyl (C=O) groups is 1. The van der Waals surface area contributed by atoms with Crippen LogP contribution in [0, 0.1) is 0 Å². The molecule has 0 aromatic carbocycles. The van der Waals surface area contributed by atoms with Gasteiger partial charge in [-0.2, -0.15) is 4.57 Å². The number of hydrogen-bond donors (Lipinski definition) is 8. The number of imidazole rings is 1. The van der Waals surface area contributed by atoms with Crippen molar-refractivity contribution in [2.75, 3.05) is 18.9 Å². The third-order valence-electron chi connectivity index (χ3n) is 6.97. The van der Waals surface area contributed by atoms with Gasteiger partial charge in [-0.05, 0) is 6.07 Å². The molecule has 0 aliphatic carbocycles. The maximum Gasteiger partial charge on any atom is 0.478 e. The number of nitrogen functional groups attached to an aromatic ring is 1. The van der Waals surface area contributed by atoms with Crippen LogP contribution in [0.25, 0.3) is 11.2 Å². The number of ether oxygens (including phenoxy) is 2. The van der Waals surface area contributed by atoms with Crippen LogP contribution in [0.2, 0.25) is 0 Å². The van der Waals surface area contributed by atoms with Gasteiger partial charge in [-0.25, -0.2) is 28.4 Å². The molecule has 5 heterocycles. The zero-order chi connectivity index (χ0) is 35.2. The number of amides is 1. The Labute approximate surface area is 296 Å². The molecule has 1 amide bonds. The van der Waals surface area contributed by atoms with Crippen LogP contribution in [-0.2, 0) is 41.1 Å². The second kappa shape index (κ2) is 15.4. The molecule has 5 rings (SSSR count). The Hall–Kier alpha value is -1.86. The Bertz CT molecular complexity index is 1820. The number of rotatable bonds is 13. The van der Waals surface area contributed by atoms with Gasteiger partial charge in [0.15, 0.2) is 36.2 Å². The van der Waals surface area contributed by atoms with E-state index >= 15 is 0 Å². The molecule has 10 N–H and O–H groups in total. The van der Waals surface area contributed by atoms with Gasteiger partial charge in [-0.15, -0.1) is 0 Å². The number of aliphatic hydroxyl groups excluding tert-OH is 3. The van der Waals surface area contributed by atoms with Crippen LogP contribution in [0.3, 0.4) is 0 Å². The molecule has 265 valence electrons. The number of aromatic nitrogens is 5. The fourth-order valence-electron chi connectivity index (χ4n) is 4.82. The monoisotopic (exact) mass is 766 g/mol. The molecule has 2 aliphatic heterocycles. The van der Waals surface area contributed by atoms with Crippen LogP contribution in [0.5, 0.6) is 0 Å². The molecular weight excluding hydrogens is 738 g/mol. The molecule has 49 heavy (non-hydrogen) atoms. The number of carbonyl (C=O) groups excluding carboxylic acids is 1. The topological polar surface area (TPSA) is 368 Å². The van der Waals surface area contributed by atoms with Crippen molar-refractivity contribution in [3.63, 3.8) is 0 Å². The number of pyridine rings is 1. The quantitative estimate of drug-likeness (QED) is 0.0468. The standard InChI is InChI=1S/C21H28N7O17P3.Na/c22-17-12-19(25-7-24-17)28(8-26-12)21-16(44-46(33,34)35)14(30)11(43-21)6-41-48(38,39)45-47(36,37)40-5-10-13(29)15(31)20(42-10)27-3-1-2-9(4-27)18(23)32;/h1-4,7-8,10-11,13-16,20-21,29-31H,5-6H2,(H7-,22,23,24,25,32,33,34,35,36,37,38,39);. The zero-order valence-electron chi connectivity index (χ0n) is 24.9. The first-order chi connectivity index (χ1) is 22.4. The molecule has 10 unspecified atom stereocenters. The van der Waals surface area contributed by atoms with Crippen molar-refractivity contribution in [2.24, 2.45) is 5.73 Å². The number of anilines is 1. The van der Waals surface area contributed by atoms with E-state index in [-0.39, 0.29) is 52.1 Å². The van der Waals surface area contributed by atoms with E-state index in [1.54, 1.807) is 0 Å². The third-order valence-corrected chi connectivity index (χ3v) is 10.1. The molecule has 0 saturated carbocycles. The van der Waals surface area contributed by atoms with E-state index in [0.717, 1.165) is 17.2 Å². The minimum Gasteiger partial charge on any atom is -0.756 e. The van der Waals surface area contributed by atoms with Gasteiger partial charge in [-0.1, -0.05) is 0 Å². The molecule has 2 fully saturated rings. The number of fused-ring (bicyclic) bond motifs is 1. The maximum atomic E-state index is 12.5. The first kappa shape index (κ1) is 39.9. The summed E-state index contributed by atoms with van der Waals surface area (Å²) in [4.78, 5) is 64.4. The van der Waals surface area contributed by atoms with Crippen LogP contribution in [-0.4, -0.2) is 135 Å². The largest absolute Gasteiger partial charge is 0.756 e. The predicted octanol–water partition coefficient (Wildman–Crippen LogP) is -3.91. The van der Waals surface area contributed by atoms with E-state index in [9.17, 15) is 53.4 Å². The van der Waals surface area contributed by atoms with Crippen LogP contribution in [0.4, 0.5) is 5.82 Å². The average Bonchev–Trinajstić information content (AvgIpc) is 3.64. The number of nitrogens with zero attached hydrogens (tertiary/aromatic N) is 5. The van der Waals surface area contributed by atoms with Crippen molar-refractivity contribution in [3.05, 3.63) is 42.7 Å². The summed E-state index contributed by atoms with van der Waals surface area (Å²) in [5.74, 6) is -0.862. The molecule has 28 heteroatoms. The van der Waals surface area contributed by atoms with E-state index in [2.05, 4.69) is 32.8 Å². The van der Waals surface area contributed by atoms with E-state index in [0.29, 0.717) is 0 Å². The van der Waals surface area contributed by atoms with E-state index in [1.807, 2.05) is 0 Å². The summed E-state index contributed by atoms with van der Waals surface area (Å²) in [5.41, 5.74) is 11.1. The Balaban J connectivity index is 0.00000541. The third kappa shape index (κ3) is 9.33. The van der Waals surface area contributed by atoms with E-state index in [4.69, 9.17) is 20.9 Å². The van der Waals surface area contributed by atoms with Gasteiger partial charge in [-0.3, -0.25) is 23.0 Å². The van der Waals surface area contributed by atoms with E-state index in [1.165, 1.54) is 29.1 Å². The predicted molar refractivity (Wildman–Crippen MR) is 154 cm³/mol. The Morgan fingerprint density at radius 2 is 1.69 bits per heavy atom. The second-order valence-electron chi connectivity index (χ2n) is 10.2.